The Kier molecular flexibility index (Phi) is 6.92. The van der Waals surface area contributed by atoms with Gasteiger partial charge in [0.25, 0.3) is 0 Å². The third-order valence-corrected chi connectivity index (χ3v) is 3.19. The second-order valence-corrected chi connectivity index (χ2v) is 4.92. The molecule has 0 saturated heterocycles. The van der Waals surface area contributed by atoms with Crippen LogP contribution in [-0.2, 0) is 0 Å². The second-order valence-electron chi connectivity index (χ2n) is 4.92. The summed E-state index contributed by atoms with van der Waals surface area (Å²) in [4.78, 5) is 0. The molecule has 108 valence electrons. The molecule has 1 aromatic rings. The predicted octanol–water partition coefficient (Wildman–Crippen LogP) is 4.50. The molecule has 0 aliphatic carbocycles. The Hall–Kier alpha value is -1.03. The average Bonchev–Trinajstić information content (AvgIpc) is 2.37. The minimum Gasteiger partial charge on any atom is -0.317 e. The van der Waals surface area contributed by atoms with Gasteiger partial charge in [0, 0.05) is 6.42 Å². The van der Waals surface area contributed by atoms with Gasteiger partial charge in [-0.1, -0.05) is 37.3 Å². The predicted molar refractivity (Wildman–Crippen MR) is 72.2 cm³/mol. The third kappa shape index (κ3) is 7.88. The molecule has 19 heavy (non-hydrogen) atoms. The lowest BCUT2D eigenvalue weighted by Crippen LogP contribution is -2.19. The van der Waals surface area contributed by atoms with Gasteiger partial charge in [-0.15, -0.1) is 0 Å². The molecule has 0 fully saturated rings. The van der Waals surface area contributed by atoms with Crippen LogP contribution in [0, 0.1) is 0 Å². The van der Waals surface area contributed by atoms with Crippen molar-refractivity contribution in [2.75, 3.05) is 13.1 Å². The van der Waals surface area contributed by atoms with Crippen LogP contribution in [0.2, 0.25) is 0 Å². The van der Waals surface area contributed by atoms with Gasteiger partial charge in [0.15, 0.2) is 0 Å². The van der Waals surface area contributed by atoms with Crippen molar-refractivity contribution in [3.05, 3.63) is 35.9 Å². The van der Waals surface area contributed by atoms with Crippen LogP contribution in [0.1, 0.15) is 44.1 Å². The number of halogens is 3. The maximum Gasteiger partial charge on any atom is 0.389 e. The van der Waals surface area contributed by atoms with Crippen molar-refractivity contribution in [1.29, 1.82) is 0 Å². The van der Waals surface area contributed by atoms with E-state index in [0.29, 0.717) is 18.9 Å². The first-order chi connectivity index (χ1) is 8.99. The molecule has 0 aromatic heterocycles. The molecule has 1 rings (SSSR count). The van der Waals surface area contributed by atoms with Crippen molar-refractivity contribution in [1.82, 2.24) is 5.32 Å². The van der Waals surface area contributed by atoms with Crippen molar-refractivity contribution in [2.45, 2.75) is 44.7 Å². The molecule has 0 amide bonds. The van der Waals surface area contributed by atoms with E-state index in [1.54, 1.807) is 0 Å². The lowest BCUT2D eigenvalue weighted by Gasteiger charge is -2.12. The van der Waals surface area contributed by atoms with Gasteiger partial charge in [-0.2, -0.15) is 13.2 Å². The normalized spacial score (nSPS) is 13.5. The summed E-state index contributed by atoms with van der Waals surface area (Å²) in [5, 5.41) is 3.20. The van der Waals surface area contributed by atoms with Gasteiger partial charge in [-0.3, -0.25) is 0 Å². The first-order valence-corrected chi connectivity index (χ1v) is 6.81. The van der Waals surface area contributed by atoms with Gasteiger partial charge in [-0.25, -0.2) is 0 Å². The van der Waals surface area contributed by atoms with E-state index in [2.05, 4.69) is 24.4 Å². The van der Waals surface area contributed by atoms with E-state index < -0.39 is 12.6 Å². The molecule has 1 unspecified atom stereocenters. The third-order valence-electron chi connectivity index (χ3n) is 3.19. The lowest BCUT2D eigenvalue weighted by atomic mass is 9.98. The van der Waals surface area contributed by atoms with Crippen molar-refractivity contribution in [3.8, 4) is 0 Å². The highest BCUT2D eigenvalue weighted by atomic mass is 19.4. The Morgan fingerprint density at radius 2 is 1.74 bits per heavy atom. The second kappa shape index (κ2) is 8.20. The molecule has 0 aliphatic heterocycles. The van der Waals surface area contributed by atoms with Crippen LogP contribution >= 0.6 is 0 Å². The summed E-state index contributed by atoms with van der Waals surface area (Å²) in [5.74, 6) is 0.476. The molecule has 0 aliphatic rings. The van der Waals surface area contributed by atoms with Crippen LogP contribution in [-0.4, -0.2) is 19.3 Å². The van der Waals surface area contributed by atoms with Crippen LogP contribution in [0.5, 0.6) is 0 Å². The van der Waals surface area contributed by atoms with Crippen LogP contribution in [0.15, 0.2) is 30.3 Å². The van der Waals surface area contributed by atoms with Gasteiger partial charge in [0.2, 0.25) is 0 Å². The van der Waals surface area contributed by atoms with Crippen LogP contribution in [0.3, 0.4) is 0 Å². The van der Waals surface area contributed by atoms with Crippen molar-refractivity contribution in [3.63, 3.8) is 0 Å². The molecule has 4 heteroatoms. The first kappa shape index (κ1) is 16.0. The summed E-state index contributed by atoms with van der Waals surface area (Å²) in [7, 11) is 0. The van der Waals surface area contributed by atoms with Crippen LogP contribution in [0.25, 0.3) is 0 Å². The lowest BCUT2D eigenvalue weighted by molar-refractivity contribution is -0.135. The van der Waals surface area contributed by atoms with Crippen molar-refractivity contribution < 1.29 is 13.2 Å². The monoisotopic (exact) mass is 273 g/mol. The number of hydrogen-bond donors (Lipinski definition) is 1. The van der Waals surface area contributed by atoms with E-state index in [9.17, 15) is 13.2 Å². The number of nitrogens with one attached hydrogen (secondary N) is 1. The van der Waals surface area contributed by atoms with E-state index in [0.717, 1.165) is 13.0 Å². The Morgan fingerprint density at radius 1 is 1.05 bits per heavy atom. The number of alkyl halides is 3. The van der Waals surface area contributed by atoms with Gasteiger partial charge in [0.05, 0.1) is 0 Å². The minimum atomic E-state index is -4.01. The maximum atomic E-state index is 11.9. The molecular weight excluding hydrogens is 251 g/mol. The fourth-order valence-electron chi connectivity index (χ4n) is 1.97. The molecule has 0 spiro atoms. The van der Waals surface area contributed by atoms with Crippen LogP contribution in [0.4, 0.5) is 13.2 Å². The highest BCUT2D eigenvalue weighted by Gasteiger charge is 2.25. The molecule has 1 atom stereocenters. The zero-order chi connectivity index (χ0) is 14.1. The van der Waals surface area contributed by atoms with E-state index in [-0.39, 0.29) is 6.42 Å². The van der Waals surface area contributed by atoms with Gasteiger partial charge in [0.1, 0.15) is 0 Å². The molecule has 0 bridgehead atoms. The summed E-state index contributed by atoms with van der Waals surface area (Å²) in [5.41, 5.74) is 1.31. The standard InChI is InChI=1S/C15H22F3N/c1-13(14-7-3-2-4-8-14)9-12-19-11-6-5-10-15(16,17)18/h2-4,7-8,13,19H,5-6,9-12H2,1H3. The highest BCUT2D eigenvalue weighted by Crippen LogP contribution is 2.22. The van der Waals surface area contributed by atoms with E-state index in [1.165, 1.54) is 5.56 Å². The molecular formula is C15H22F3N. The first-order valence-electron chi connectivity index (χ1n) is 6.81. The molecule has 0 radical (unpaired) electrons. The summed E-state index contributed by atoms with van der Waals surface area (Å²) >= 11 is 0. The topological polar surface area (TPSA) is 12.0 Å². The number of hydrogen-bond acceptors (Lipinski definition) is 1. The average molecular weight is 273 g/mol. The zero-order valence-electron chi connectivity index (χ0n) is 11.3. The summed E-state index contributed by atoms with van der Waals surface area (Å²) in [6, 6.07) is 10.3. The van der Waals surface area contributed by atoms with Gasteiger partial charge >= 0.3 is 6.18 Å². The summed E-state index contributed by atoms with van der Waals surface area (Å²) in [6.07, 6.45) is -2.88. The van der Waals surface area contributed by atoms with Crippen LogP contribution < -0.4 is 5.32 Å². The Labute approximate surface area is 113 Å². The fraction of sp³-hybridized carbons (Fsp3) is 0.600. The Balaban J connectivity index is 2.02. The molecule has 0 heterocycles. The van der Waals surface area contributed by atoms with Crippen molar-refractivity contribution in [2.24, 2.45) is 0 Å². The van der Waals surface area contributed by atoms with Gasteiger partial charge in [-0.05, 0) is 43.8 Å². The quantitative estimate of drug-likeness (QED) is 0.687. The Bertz CT molecular complexity index is 335. The molecule has 0 saturated carbocycles. The maximum absolute atomic E-state index is 11.9. The summed E-state index contributed by atoms with van der Waals surface area (Å²) < 4.78 is 35.7. The largest absolute Gasteiger partial charge is 0.389 e. The zero-order valence-corrected chi connectivity index (χ0v) is 11.3. The molecule has 1 N–H and O–H groups in total. The summed E-state index contributed by atoms with van der Waals surface area (Å²) in [6.45, 7) is 3.68. The minimum absolute atomic E-state index is 0.213. The fourth-order valence-corrected chi connectivity index (χ4v) is 1.97. The molecule has 1 aromatic carbocycles. The number of rotatable bonds is 8. The molecule has 1 nitrogen and oxygen atoms in total. The highest BCUT2D eigenvalue weighted by molar-refractivity contribution is 5.18. The SMILES string of the molecule is CC(CCNCCCCC(F)(F)F)c1ccccc1. The van der Waals surface area contributed by atoms with Crippen molar-refractivity contribution >= 4 is 0 Å². The van der Waals surface area contributed by atoms with E-state index in [1.807, 2.05) is 18.2 Å². The number of benzene rings is 1. The number of unbranched alkanes of at least 4 members (excludes halogenated alkanes) is 1. The van der Waals surface area contributed by atoms with E-state index in [4.69, 9.17) is 0 Å². The Morgan fingerprint density at radius 3 is 2.37 bits per heavy atom. The smallest absolute Gasteiger partial charge is 0.317 e. The van der Waals surface area contributed by atoms with E-state index >= 15 is 0 Å². The van der Waals surface area contributed by atoms with Gasteiger partial charge < -0.3 is 5.32 Å².